The van der Waals surface area contributed by atoms with Crippen molar-refractivity contribution in [1.82, 2.24) is 30.7 Å². The highest BCUT2D eigenvalue weighted by Crippen LogP contribution is 2.40. The van der Waals surface area contributed by atoms with Crippen molar-refractivity contribution in [3.63, 3.8) is 0 Å². The summed E-state index contributed by atoms with van der Waals surface area (Å²) < 4.78 is 5.75. The molecule has 44 heavy (non-hydrogen) atoms. The molecule has 6 radical (unpaired) electrons. The number of benzene rings is 1. The molecule has 1 aromatic carbocycles. The highest BCUT2D eigenvalue weighted by Gasteiger charge is 2.30. The first kappa shape index (κ1) is 33.0. The summed E-state index contributed by atoms with van der Waals surface area (Å²) in [6.07, 6.45) is 3.13. The van der Waals surface area contributed by atoms with Crippen molar-refractivity contribution in [2.24, 2.45) is 11.3 Å². The van der Waals surface area contributed by atoms with Crippen LogP contribution in [0.4, 0.5) is 17.2 Å². The number of hydrogen-bond acceptors (Lipinski definition) is 10. The van der Waals surface area contributed by atoms with Crippen LogP contribution in [0.2, 0.25) is 0 Å². The molecule has 0 atom stereocenters. The molecule has 3 aromatic rings. The third kappa shape index (κ3) is 8.82. The van der Waals surface area contributed by atoms with Crippen LogP contribution in [-0.4, -0.2) is 101 Å². The van der Waals surface area contributed by atoms with E-state index in [1.807, 2.05) is 14.1 Å². The summed E-state index contributed by atoms with van der Waals surface area (Å²) in [7, 11) is 22.2. The first-order chi connectivity index (χ1) is 20.7. The monoisotopic (exact) mass is 610 g/mol. The number of nitrogens with zero attached hydrogens (tertiary/aromatic N) is 4. The summed E-state index contributed by atoms with van der Waals surface area (Å²) in [6.45, 7) is 5.49. The molecule has 4 rings (SSSR count). The number of rotatable bonds is 13. The Balaban J connectivity index is 1.61. The molecular formula is C28H33B3N8O4S. The number of hydrogen-bond donors (Lipinski definition) is 4. The van der Waals surface area contributed by atoms with E-state index in [9.17, 15) is 14.4 Å². The van der Waals surface area contributed by atoms with E-state index in [2.05, 4.69) is 55.2 Å². The van der Waals surface area contributed by atoms with Gasteiger partial charge in [-0.15, -0.1) is 21.5 Å². The number of ether oxygens (including phenoxy) is 1. The second-order valence-electron chi connectivity index (χ2n) is 11.8. The fraction of sp³-hybridized carbons (Fsp3) is 0.429. The van der Waals surface area contributed by atoms with E-state index in [0.29, 0.717) is 33.4 Å². The van der Waals surface area contributed by atoms with Crippen LogP contribution in [0.25, 0.3) is 10.6 Å². The smallest absolute Gasteiger partial charge is 0.272 e. The number of anilines is 3. The molecule has 2 aromatic heterocycles. The Morgan fingerprint density at radius 2 is 1.82 bits per heavy atom. The Labute approximate surface area is 264 Å². The van der Waals surface area contributed by atoms with Gasteiger partial charge < -0.3 is 30.9 Å². The van der Waals surface area contributed by atoms with Crippen molar-refractivity contribution in [2.45, 2.75) is 31.9 Å². The largest absolute Gasteiger partial charge is 0.494 e. The third-order valence-electron chi connectivity index (χ3n) is 6.46. The van der Waals surface area contributed by atoms with E-state index >= 15 is 0 Å². The predicted octanol–water partition coefficient (Wildman–Crippen LogP) is 1.86. The zero-order valence-electron chi connectivity index (χ0n) is 25.4. The lowest BCUT2D eigenvalue weighted by Gasteiger charge is -2.28. The first-order valence-corrected chi connectivity index (χ1v) is 14.7. The first-order valence-electron chi connectivity index (χ1n) is 13.9. The molecule has 1 fully saturated rings. The van der Waals surface area contributed by atoms with Crippen molar-refractivity contribution < 1.29 is 19.1 Å². The molecule has 12 nitrogen and oxygen atoms in total. The van der Waals surface area contributed by atoms with Crippen LogP contribution < -0.4 is 26.0 Å². The number of thiazole rings is 1. The van der Waals surface area contributed by atoms with Gasteiger partial charge >= 0.3 is 0 Å². The SMILES string of the molecule is [B]C([B])([B])NC(=O)c1nnc(NC(=O)C2CC2)cc1Nc1cccc(-c2ncc(C(=O)NCC(C)(C)CN(C)C)s2)c1OC. The van der Waals surface area contributed by atoms with E-state index < -0.39 is 11.1 Å². The molecule has 1 aliphatic carbocycles. The second kappa shape index (κ2) is 13.4. The van der Waals surface area contributed by atoms with Gasteiger partial charge in [0.1, 0.15) is 9.88 Å². The number of methoxy groups -OCH3 is 1. The average molecular weight is 610 g/mol. The van der Waals surface area contributed by atoms with Gasteiger partial charge in [-0.25, -0.2) is 4.98 Å². The van der Waals surface area contributed by atoms with Gasteiger partial charge in [0.05, 0.1) is 53.8 Å². The fourth-order valence-corrected chi connectivity index (χ4v) is 5.39. The van der Waals surface area contributed by atoms with Crippen LogP contribution in [0.3, 0.4) is 0 Å². The quantitative estimate of drug-likeness (QED) is 0.213. The van der Waals surface area contributed by atoms with E-state index in [1.54, 1.807) is 18.2 Å². The Morgan fingerprint density at radius 3 is 2.45 bits per heavy atom. The van der Waals surface area contributed by atoms with Crippen molar-refractivity contribution in [2.75, 3.05) is 44.9 Å². The second-order valence-corrected chi connectivity index (χ2v) is 12.8. The van der Waals surface area contributed by atoms with E-state index in [1.165, 1.54) is 30.7 Å². The number of carbonyl (C=O) groups excluding carboxylic acids is 3. The molecular weight excluding hydrogens is 577 g/mol. The fourth-order valence-electron chi connectivity index (χ4n) is 4.54. The third-order valence-corrected chi connectivity index (χ3v) is 7.49. The topological polar surface area (TPSA) is 150 Å². The van der Waals surface area contributed by atoms with Crippen LogP contribution in [0.15, 0.2) is 30.5 Å². The lowest BCUT2D eigenvalue weighted by Crippen LogP contribution is -2.50. The normalized spacial score (nSPS) is 13.3. The van der Waals surface area contributed by atoms with Gasteiger partial charge in [-0.3, -0.25) is 14.4 Å². The van der Waals surface area contributed by atoms with E-state index in [0.717, 1.165) is 19.4 Å². The van der Waals surface area contributed by atoms with Gasteiger partial charge in [-0.1, -0.05) is 25.2 Å². The summed E-state index contributed by atoms with van der Waals surface area (Å²) in [4.78, 5) is 45.2. The number of amides is 3. The molecule has 2 heterocycles. The van der Waals surface area contributed by atoms with Crippen LogP contribution in [0.5, 0.6) is 5.75 Å². The maximum Gasteiger partial charge on any atom is 0.272 e. The molecule has 0 aliphatic heterocycles. The number of para-hydroxylation sites is 1. The zero-order valence-corrected chi connectivity index (χ0v) is 26.2. The van der Waals surface area contributed by atoms with Crippen molar-refractivity contribution in [1.29, 1.82) is 0 Å². The molecule has 1 saturated carbocycles. The molecule has 4 N–H and O–H groups in total. The Hall–Kier alpha value is -3.91. The number of nitrogens with one attached hydrogen (secondary N) is 4. The van der Waals surface area contributed by atoms with Gasteiger partial charge in [-0.2, -0.15) is 0 Å². The van der Waals surface area contributed by atoms with Gasteiger partial charge in [0.15, 0.2) is 17.3 Å². The summed E-state index contributed by atoms with van der Waals surface area (Å²) >= 11 is 1.22. The van der Waals surface area contributed by atoms with Gasteiger partial charge in [0.2, 0.25) is 5.91 Å². The summed E-state index contributed by atoms with van der Waals surface area (Å²) in [5.41, 5.74) is 0.918. The van der Waals surface area contributed by atoms with Gasteiger partial charge in [-0.05, 0) is 44.5 Å². The standard InChI is InChI=1S/C28H33B3N8O4S/c1-27(2,14-39(3)4)13-33-24(41)19-12-32-26(44-19)16-7-6-8-17(22(16)43-5)34-18-11-20(35-23(40)15-9-10-15)37-38-21(18)25(42)36-28(29,30)31/h6-8,11-12,15H,9-10,13-14H2,1-5H3,(H,33,41)(H,36,42)(H2,34,35,37,40). The Bertz CT molecular complexity index is 1540. The van der Waals surface area contributed by atoms with Crippen molar-refractivity contribution >= 4 is 69.8 Å². The molecule has 0 saturated heterocycles. The van der Waals surface area contributed by atoms with Crippen LogP contribution in [0.1, 0.15) is 46.8 Å². The highest BCUT2D eigenvalue weighted by molar-refractivity contribution is 7.17. The van der Waals surface area contributed by atoms with Crippen LogP contribution >= 0.6 is 11.3 Å². The van der Waals surface area contributed by atoms with Gasteiger partial charge in [0.25, 0.3) is 11.8 Å². The summed E-state index contributed by atoms with van der Waals surface area (Å²) in [5.74, 6) is -0.749. The van der Waals surface area contributed by atoms with Crippen LogP contribution in [-0.2, 0) is 4.79 Å². The number of aromatic nitrogens is 3. The van der Waals surface area contributed by atoms with Crippen molar-refractivity contribution in [3.8, 4) is 16.3 Å². The minimum Gasteiger partial charge on any atom is -0.494 e. The molecule has 0 bridgehead atoms. The summed E-state index contributed by atoms with van der Waals surface area (Å²) in [6, 6.07) is 6.75. The molecule has 1 aliphatic rings. The average Bonchev–Trinajstić information content (AvgIpc) is 3.67. The Kier molecular flexibility index (Phi) is 10.0. The zero-order chi connectivity index (χ0) is 32.2. The Morgan fingerprint density at radius 1 is 1.09 bits per heavy atom. The molecule has 16 heteroatoms. The van der Waals surface area contributed by atoms with Crippen molar-refractivity contribution in [3.05, 3.63) is 41.0 Å². The van der Waals surface area contributed by atoms with Crippen LogP contribution in [0, 0.1) is 11.3 Å². The lowest BCUT2D eigenvalue weighted by molar-refractivity contribution is -0.117. The number of carbonyl (C=O) groups is 3. The highest BCUT2D eigenvalue weighted by atomic mass is 32.1. The van der Waals surface area contributed by atoms with Gasteiger partial charge in [0, 0.05) is 25.1 Å². The lowest BCUT2D eigenvalue weighted by atomic mass is 9.49. The van der Waals surface area contributed by atoms with E-state index in [4.69, 9.17) is 28.3 Å². The minimum absolute atomic E-state index is 0.0740. The maximum absolute atomic E-state index is 12.9. The molecule has 0 spiro atoms. The molecule has 3 amide bonds. The molecule has 224 valence electrons. The maximum atomic E-state index is 12.9. The molecule has 0 unspecified atom stereocenters. The predicted molar refractivity (Wildman–Crippen MR) is 173 cm³/mol. The van der Waals surface area contributed by atoms with E-state index in [-0.39, 0.29) is 40.3 Å². The minimum atomic E-state index is -2.01. The summed E-state index contributed by atoms with van der Waals surface area (Å²) in [5, 5.41) is 17.6.